The second-order valence-corrected chi connectivity index (χ2v) is 3.90. The number of para-hydroxylation sites is 1. The smallest absolute Gasteiger partial charge is 0.214 e. The van der Waals surface area contributed by atoms with E-state index in [9.17, 15) is 4.79 Å². The maximum Gasteiger partial charge on any atom is 0.214 e. The minimum atomic E-state index is -0.333. The van der Waals surface area contributed by atoms with Gasteiger partial charge < -0.3 is 10.3 Å². The van der Waals surface area contributed by atoms with Crippen LogP contribution in [0.5, 0.6) is 0 Å². The van der Waals surface area contributed by atoms with Crippen molar-refractivity contribution in [3.63, 3.8) is 0 Å². The fraction of sp³-hybridized carbons (Fsp3) is 0.308. The van der Waals surface area contributed by atoms with Crippen LogP contribution in [0.4, 0.5) is 0 Å². The zero-order chi connectivity index (χ0) is 12.3. The minimum absolute atomic E-state index is 0.333. The molecule has 0 unspecified atom stereocenters. The zero-order valence-electron chi connectivity index (χ0n) is 10.2. The quantitative estimate of drug-likeness (QED) is 0.724. The molecular weight excluding hydrogens is 200 g/mol. The second-order valence-electron chi connectivity index (χ2n) is 3.90. The molecule has 0 bridgehead atoms. The average molecular weight is 218 g/mol. The molecular formula is C13H18N2O. The van der Waals surface area contributed by atoms with Crippen molar-refractivity contribution in [2.24, 2.45) is 12.8 Å². The van der Waals surface area contributed by atoms with Crippen molar-refractivity contribution in [3.8, 4) is 0 Å². The Morgan fingerprint density at radius 1 is 1.25 bits per heavy atom. The number of aryl methyl sites for hydroxylation is 2. The van der Waals surface area contributed by atoms with Gasteiger partial charge in [-0.05, 0) is 25.5 Å². The van der Waals surface area contributed by atoms with Gasteiger partial charge in [-0.3, -0.25) is 4.79 Å². The fourth-order valence-electron chi connectivity index (χ4n) is 1.71. The van der Waals surface area contributed by atoms with Gasteiger partial charge in [-0.15, -0.1) is 0 Å². The number of nitrogens with zero attached hydrogens (tertiary/aromatic N) is 1. The predicted octanol–water partition coefficient (Wildman–Crippen LogP) is 2.29. The summed E-state index contributed by atoms with van der Waals surface area (Å²) in [5, 5.41) is 1.37. The first-order valence-corrected chi connectivity index (χ1v) is 5.21. The third-order valence-electron chi connectivity index (χ3n) is 2.72. The number of aromatic nitrogens is 1. The number of hydrogen-bond acceptors (Lipinski definition) is 1. The first kappa shape index (κ1) is 12.3. The highest BCUT2D eigenvalue weighted by atomic mass is 16.1. The number of amides is 1. The summed E-state index contributed by atoms with van der Waals surface area (Å²) >= 11 is 0. The van der Waals surface area contributed by atoms with Crippen LogP contribution < -0.4 is 5.73 Å². The van der Waals surface area contributed by atoms with E-state index in [-0.39, 0.29) is 5.91 Å². The van der Waals surface area contributed by atoms with Gasteiger partial charge in [0.1, 0.15) is 0 Å². The number of carbonyl (C=O) groups excluding carboxylic acids is 1. The van der Waals surface area contributed by atoms with E-state index in [1.165, 1.54) is 29.1 Å². The SMILES string of the molecule is CC(N)=O.Cc1c(C)n(C)c2ccccc12. The molecule has 2 N–H and O–H groups in total. The Labute approximate surface area is 95.9 Å². The normalized spacial score (nSPS) is 9.75. The molecule has 0 aliphatic heterocycles. The van der Waals surface area contributed by atoms with Gasteiger partial charge >= 0.3 is 0 Å². The third kappa shape index (κ3) is 2.42. The molecule has 2 aromatic rings. The molecule has 3 nitrogen and oxygen atoms in total. The number of rotatable bonds is 0. The van der Waals surface area contributed by atoms with Gasteiger partial charge in [0.2, 0.25) is 5.91 Å². The van der Waals surface area contributed by atoms with Crippen molar-refractivity contribution in [2.45, 2.75) is 20.8 Å². The number of hydrogen-bond donors (Lipinski definition) is 1. The molecule has 0 saturated heterocycles. The molecule has 86 valence electrons. The molecule has 1 aromatic carbocycles. The molecule has 2 rings (SSSR count). The van der Waals surface area contributed by atoms with Crippen molar-refractivity contribution in [3.05, 3.63) is 35.5 Å². The number of fused-ring (bicyclic) bond motifs is 1. The van der Waals surface area contributed by atoms with Crippen LogP contribution in [0.3, 0.4) is 0 Å². The molecule has 0 saturated carbocycles. The Balaban J connectivity index is 0.000000280. The molecule has 1 aromatic heterocycles. The van der Waals surface area contributed by atoms with Gasteiger partial charge in [0.15, 0.2) is 0 Å². The maximum atomic E-state index is 9.22. The highest BCUT2D eigenvalue weighted by Gasteiger charge is 2.05. The zero-order valence-corrected chi connectivity index (χ0v) is 10.2. The molecule has 1 heterocycles. The van der Waals surface area contributed by atoms with E-state index in [1.54, 1.807) is 0 Å². The van der Waals surface area contributed by atoms with Crippen LogP contribution in [-0.4, -0.2) is 10.5 Å². The predicted molar refractivity (Wildman–Crippen MR) is 67.3 cm³/mol. The Morgan fingerprint density at radius 2 is 1.75 bits per heavy atom. The minimum Gasteiger partial charge on any atom is -0.370 e. The number of carbonyl (C=O) groups is 1. The summed E-state index contributed by atoms with van der Waals surface area (Å²) in [4.78, 5) is 9.22. The molecule has 1 amide bonds. The van der Waals surface area contributed by atoms with E-state index in [0.717, 1.165) is 0 Å². The first-order chi connectivity index (χ1) is 7.45. The summed E-state index contributed by atoms with van der Waals surface area (Å²) in [7, 11) is 2.12. The molecule has 0 spiro atoms. The van der Waals surface area contributed by atoms with E-state index in [1.807, 2.05) is 0 Å². The standard InChI is InChI=1S/C11H13N.C2H5NO/c1-8-9(2)12(3)11-7-5-4-6-10(8)11;1-2(3)4/h4-7H,1-3H3;1H3,(H2,3,4). The van der Waals surface area contributed by atoms with Crippen molar-refractivity contribution in [1.29, 1.82) is 0 Å². The van der Waals surface area contributed by atoms with Gasteiger partial charge in [0, 0.05) is 30.6 Å². The lowest BCUT2D eigenvalue weighted by Crippen LogP contribution is -2.01. The van der Waals surface area contributed by atoms with Crippen LogP contribution in [0.2, 0.25) is 0 Å². The van der Waals surface area contributed by atoms with E-state index in [0.29, 0.717) is 0 Å². The van der Waals surface area contributed by atoms with Crippen molar-refractivity contribution in [1.82, 2.24) is 4.57 Å². The van der Waals surface area contributed by atoms with Crippen LogP contribution in [0.25, 0.3) is 10.9 Å². The molecule has 0 aliphatic rings. The maximum absolute atomic E-state index is 9.22. The molecule has 0 atom stereocenters. The monoisotopic (exact) mass is 218 g/mol. The van der Waals surface area contributed by atoms with E-state index >= 15 is 0 Å². The summed E-state index contributed by atoms with van der Waals surface area (Å²) in [5.74, 6) is -0.333. The molecule has 3 heteroatoms. The van der Waals surface area contributed by atoms with Gasteiger partial charge in [-0.25, -0.2) is 0 Å². The summed E-state index contributed by atoms with van der Waals surface area (Å²) in [6.45, 7) is 5.65. The average Bonchev–Trinajstić information content (AvgIpc) is 2.44. The van der Waals surface area contributed by atoms with Gasteiger partial charge in [0.25, 0.3) is 0 Å². The van der Waals surface area contributed by atoms with E-state index in [4.69, 9.17) is 0 Å². The molecule has 0 aliphatic carbocycles. The third-order valence-corrected chi connectivity index (χ3v) is 2.72. The summed E-state index contributed by atoms with van der Waals surface area (Å²) in [6, 6.07) is 8.52. The van der Waals surface area contributed by atoms with Crippen molar-refractivity contribution in [2.75, 3.05) is 0 Å². The van der Waals surface area contributed by atoms with Crippen LogP contribution in [-0.2, 0) is 11.8 Å². The second kappa shape index (κ2) is 4.84. The lowest BCUT2D eigenvalue weighted by molar-refractivity contribution is -0.115. The fourth-order valence-corrected chi connectivity index (χ4v) is 1.71. The van der Waals surface area contributed by atoms with Gasteiger partial charge in [-0.2, -0.15) is 0 Å². The van der Waals surface area contributed by atoms with Gasteiger partial charge in [-0.1, -0.05) is 18.2 Å². The Hall–Kier alpha value is -1.77. The number of nitrogens with two attached hydrogens (primary N) is 1. The summed E-state index contributed by atoms with van der Waals surface area (Å²) < 4.78 is 2.24. The van der Waals surface area contributed by atoms with Crippen LogP contribution in [0, 0.1) is 13.8 Å². The van der Waals surface area contributed by atoms with E-state index < -0.39 is 0 Å². The van der Waals surface area contributed by atoms with Crippen LogP contribution >= 0.6 is 0 Å². The number of benzene rings is 1. The van der Waals surface area contributed by atoms with Gasteiger partial charge in [0.05, 0.1) is 0 Å². The van der Waals surface area contributed by atoms with Crippen molar-refractivity contribution >= 4 is 16.8 Å². The number of primary amides is 1. The summed E-state index contributed by atoms with van der Waals surface area (Å²) in [6.07, 6.45) is 0. The lowest BCUT2D eigenvalue weighted by Gasteiger charge is -1.96. The Bertz CT molecular complexity index is 469. The first-order valence-electron chi connectivity index (χ1n) is 5.21. The topological polar surface area (TPSA) is 48.0 Å². The van der Waals surface area contributed by atoms with E-state index in [2.05, 4.69) is 55.5 Å². The molecule has 16 heavy (non-hydrogen) atoms. The Morgan fingerprint density at radius 3 is 2.25 bits per heavy atom. The molecule has 0 fully saturated rings. The van der Waals surface area contributed by atoms with Crippen molar-refractivity contribution < 1.29 is 4.79 Å². The molecule has 0 radical (unpaired) electrons. The Kier molecular flexibility index (Phi) is 3.72. The lowest BCUT2D eigenvalue weighted by atomic mass is 10.2. The highest BCUT2D eigenvalue weighted by Crippen LogP contribution is 2.22. The summed E-state index contributed by atoms with van der Waals surface area (Å²) in [5.41, 5.74) is 8.55. The highest BCUT2D eigenvalue weighted by molar-refractivity contribution is 5.85. The largest absolute Gasteiger partial charge is 0.370 e. The van der Waals surface area contributed by atoms with Crippen LogP contribution in [0.1, 0.15) is 18.2 Å². The van der Waals surface area contributed by atoms with Crippen LogP contribution in [0.15, 0.2) is 24.3 Å².